The van der Waals surface area contributed by atoms with Crippen molar-refractivity contribution in [1.82, 2.24) is 0 Å². The van der Waals surface area contributed by atoms with Crippen LogP contribution in [0.3, 0.4) is 0 Å². The molecule has 0 saturated carbocycles. The molecule has 2 N–H and O–H groups in total. The molecule has 8 nitrogen and oxygen atoms in total. The van der Waals surface area contributed by atoms with E-state index >= 15 is 0 Å². The van der Waals surface area contributed by atoms with Crippen LogP contribution in [0.4, 0.5) is 11.4 Å². The SMILES string of the molecule is NC(=O)CN(c1ccccc1Br)S(=O)(=O)c1ccccc1[N+](=O)[O-]. The molecule has 2 aromatic carbocycles. The lowest BCUT2D eigenvalue weighted by Crippen LogP contribution is -2.39. The Bertz CT molecular complexity index is 901. The van der Waals surface area contributed by atoms with Gasteiger partial charge in [-0.15, -0.1) is 0 Å². The van der Waals surface area contributed by atoms with Crippen molar-refractivity contribution < 1.29 is 18.1 Å². The third-order valence-electron chi connectivity index (χ3n) is 3.05. The number of anilines is 1. The fourth-order valence-electron chi connectivity index (χ4n) is 2.04. The molecule has 0 saturated heterocycles. The number of sulfonamides is 1. The first-order valence-electron chi connectivity index (χ1n) is 6.54. The average molecular weight is 414 g/mol. The Morgan fingerprint density at radius 3 is 2.33 bits per heavy atom. The number of amides is 1. The zero-order valence-corrected chi connectivity index (χ0v) is 14.5. The third-order valence-corrected chi connectivity index (χ3v) is 5.53. The molecule has 0 unspecified atom stereocenters. The van der Waals surface area contributed by atoms with E-state index < -0.39 is 38.0 Å². The van der Waals surface area contributed by atoms with Crippen LogP contribution < -0.4 is 10.0 Å². The van der Waals surface area contributed by atoms with Crippen LogP contribution in [0, 0.1) is 10.1 Å². The van der Waals surface area contributed by atoms with Gasteiger partial charge in [0, 0.05) is 10.5 Å². The highest BCUT2D eigenvalue weighted by atomic mass is 79.9. The molecule has 0 aliphatic heterocycles. The van der Waals surface area contributed by atoms with Crippen LogP contribution >= 0.6 is 15.9 Å². The Labute approximate surface area is 146 Å². The van der Waals surface area contributed by atoms with E-state index in [0.29, 0.717) is 4.47 Å². The first-order chi connectivity index (χ1) is 11.2. The van der Waals surface area contributed by atoms with Gasteiger partial charge in [-0.2, -0.15) is 0 Å². The second-order valence-electron chi connectivity index (χ2n) is 4.65. The van der Waals surface area contributed by atoms with Crippen molar-refractivity contribution in [1.29, 1.82) is 0 Å². The largest absolute Gasteiger partial charge is 0.368 e. The highest BCUT2D eigenvalue weighted by molar-refractivity contribution is 9.10. The third kappa shape index (κ3) is 3.54. The summed E-state index contributed by atoms with van der Waals surface area (Å²) in [5.41, 5.74) is 4.72. The van der Waals surface area contributed by atoms with Crippen LogP contribution in [0.2, 0.25) is 0 Å². The monoisotopic (exact) mass is 413 g/mol. The summed E-state index contributed by atoms with van der Waals surface area (Å²) in [6.45, 7) is -0.656. The highest BCUT2D eigenvalue weighted by Gasteiger charge is 2.33. The number of nitro benzene ring substituents is 1. The van der Waals surface area contributed by atoms with E-state index in [0.717, 1.165) is 16.4 Å². The van der Waals surface area contributed by atoms with Gasteiger partial charge in [0.2, 0.25) is 5.91 Å². The van der Waals surface area contributed by atoms with E-state index in [9.17, 15) is 23.3 Å². The Morgan fingerprint density at radius 1 is 1.17 bits per heavy atom. The van der Waals surface area contributed by atoms with Crippen molar-refractivity contribution in [3.63, 3.8) is 0 Å². The maximum Gasteiger partial charge on any atom is 0.289 e. The number of carbonyl (C=O) groups excluding carboxylic acids is 1. The maximum atomic E-state index is 12.9. The number of benzene rings is 2. The molecule has 0 heterocycles. The van der Waals surface area contributed by atoms with Gasteiger partial charge >= 0.3 is 0 Å². The molecular weight excluding hydrogens is 402 g/mol. The number of nitrogens with two attached hydrogens (primary N) is 1. The van der Waals surface area contributed by atoms with Crippen molar-refractivity contribution in [2.75, 3.05) is 10.8 Å². The lowest BCUT2D eigenvalue weighted by molar-refractivity contribution is -0.387. The number of hydrogen-bond donors (Lipinski definition) is 1. The molecule has 0 atom stereocenters. The average Bonchev–Trinajstić information content (AvgIpc) is 2.53. The van der Waals surface area contributed by atoms with Crippen LogP contribution in [-0.4, -0.2) is 25.8 Å². The lowest BCUT2D eigenvalue weighted by Gasteiger charge is -2.24. The molecule has 2 aromatic rings. The van der Waals surface area contributed by atoms with Gasteiger partial charge in [-0.05, 0) is 34.1 Å². The summed E-state index contributed by atoms with van der Waals surface area (Å²) in [6.07, 6.45) is 0. The molecule has 10 heteroatoms. The molecule has 0 fully saturated rings. The zero-order chi connectivity index (χ0) is 17.9. The molecule has 1 amide bonds. The van der Waals surface area contributed by atoms with Gasteiger partial charge in [0.25, 0.3) is 15.7 Å². The Kier molecular flexibility index (Phi) is 5.20. The van der Waals surface area contributed by atoms with E-state index in [1.165, 1.54) is 18.2 Å². The number of hydrogen-bond acceptors (Lipinski definition) is 5. The number of rotatable bonds is 6. The minimum absolute atomic E-state index is 0.148. The summed E-state index contributed by atoms with van der Waals surface area (Å²) in [4.78, 5) is 21.2. The molecular formula is C14H12BrN3O5S. The topological polar surface area (TPSA) is 124 Å². The highest BCUT2D eigenvalue weighted by Crippen LogP contribution is 2.33. The number of primary amides is 1. The number of halogens is 1. The van der Waals surface area contributed by atoms with Gasteiger partial charge in [0.05, 0.1) is 10.6 Å². The minimum atomic E-state index is -4.39. The fourth-order valence-corrected chi connectivity index (χ4v) is 4.27. The van der Waals surface area contributed by atoms with Gasteiger partial charge in [0.15, 0.2) is 4.90 Å². The van der Waals surface area contributed by atoms with E-state index in [1.807, 2.05) is 0 Å². The van der Waals surface area contributed by atoms with Gasteiger partial charge in [-0.3, -0.25) is 19.2 Å². The van der Waals surface area contributed by atoms with E-state index in [2.05, 4.69) is 15.9 Å². The second kappa shape index (κ2) is 6.97. The van der Waals surface area contributed by atoms with Crippen LogP contribution in [0.5, 0.6) is 0 Å². The van der Waals surface area contributed by atoms with E-state index in [-0.39, 0.29) is 5.69 Å². The molecule has 0 aliphatic rings. The van der Waals surface area contributed by atoms with Gasteiger partial charge < -0.3 is 5.73 Å². The van der Waals surface area contributed by atoms with Gasteiger partial charge in [-0.25, -0.2) is 8.42 Å². The minimum Gasteiger partial charge on any atom is -0.368 e. The summed E-state index contributed by atoms with van der Waals surface area (Å²) in [6, 6.07) is 11.2. The predicted octanol–water partition coefficient (Wildman–Crippen LogP) is 2.04. The van der Waals surface area contributed by atoms with Crippen molar-refractivity contribution in [3.8, 4) is 0 Å². The van der Waals surface area contributed by atoms with E-state index in [1.54, 1.807) is 18.2 Å². The Hall–Kier alpha value is -2.46. The maximum absolute atomic E-state index is 12.9. The number of carbonyl (C=O) groups is 1. The zero-order valence-electron chi connectivity index (χ0n) is 12.1. The molecule has 2 rings (SSSR count). The number of nitro groups is 1. The Balaban J connectivity index is 2.68. The first-order valence-corrected chi connectivity index (χ1v) is 8.77. The van der Waals surface area contributed by atoms with Gasteiger partial charge in [0.1, 0.15) is 6.54 Å². The van der Waals surface area contributed by atoms with Crippen LogP contribution in [-0.2, 0) is 14.8 Å². The standard InChI is InChI=1S/C14H12BrN3O5S/c15-10-5-1-2-6-11(10)17(9-14(16)19)24(22,23)13-8-4-3-7-12(13)18(20)21/h1-8H,9H2,(H2,16,19). The van der Waals surface area contributed by atoms with Crippen LogP contribution in [0.25, 0.3) is 0 Å². The van der Waals surface area contributed by atoms with Crippen molar-refractivity contribution in [3.05, 3.63) is 63.1 Å². The molecule has 0 spiro atoms. The summed E-state index contributed by atoms with van der Waals surface area (Å²) < 4.78 is 27.0. The van der Waals surface area contributed by atoms with Crippen LogP contribution in [0.1, 0.15) is 0 Å². The quantitative estimate of drug-likeness (QED) is 0.572. The Morgan fingerprint density at radius 2 is 1.75 bits per heavy atom. The normalized spacial score (nSPS) is 11.0. The molecule has 0 aromatic heterocycles. The second-order valence-corrected chi connectivity index (χ2v) is 7.34. The summed E-state index contributed by atoms with van der Waals surface area (Å²) in [5, 5.41) is 11.1. The van der Waals surface area contributed by atoms with Crippen molar-refractivity contribution in [2.24, 2.45) is 5.73 Å². The molecule has 0 bridgehead atoms. The van der Waals surface area contributed by atoms with Crippen molar-refractivity contribution in [2.45, 2.75) is 4.90 Å². The van der Waals surface area contributed by atoms with Crippen LogP contribution in [0.15, 0.2) is 57.9 Å². The smallest absolute Gasteiger partial charge is 0.289 e. The molecule has 24 heavy (non-hydrogen) atoms. The lowest BCUT2D eigenvalue weighted by atomic mass is 10.3. The van der Waals surface area contributed by atoms with E-state index in [4.69, 9.17) is 5.73 Å². The molecule has 126 valence electrons. The van der Waals surface area contributed by atoms with Gasteiger partial charge in [-0.1, -0.05) is 24.3 Å². The van der Waals surface area contributed by atoms with Crippen molar-refractivity contribution >= 4 is 43.2 Å². The molecule has 0 radical (unpaired) electrons. The number of nitrogens with zero attached hydrogens (tertiary/aromatic N) is 2. The fraction of sp³-hybridized carbons (Fsp3) is 0.0714. The summed E-state index contributed by atoms with van der Waals surface area (Å²) in [7, 11) is -4.39. The summed E-state index contributed by atoms with van der Waals surface area (Å²) >= 11 is 3.21. The molecule has 0 aliphatic carbocycles. The predicted molar refractivity (Wildman–Crippen MR) is 91.0 cm³/mol. The summed E-state index contributed by atoms with van der Waals surface area (Å²) in [5.74, 6) is -0.895. The number of para-hydroxylation sites is 2. The first kappa shape index (κ1) is 17.9.